The molecule has 5 heteroatoms. The Balaban J connectivity index is 1.99. The molecule has 2 aromatic rings. The Morgan fingerprint density at radius 3 is 1.96 bits per heavy atom. The fourth-order valence-electron chi connectivity index (χ4n) is 2.91. The summed E-state index contributed by atoms with van der Waals surface area (Å²) >= 11 is 0. The number of carbonyl (C=O) groups excluding carboxylic acids is 2. The highest BCUT2D eigenvalue weighted by Gasteiger charge is 2.16. The second-order valence-electron chi connectivity index (χ2n) is 7.25. The number of halogens is 1. The number of para-hydroxylation sites is 1. The van der Waals surface area contributed by atoms with Gasteiger partial charge in [-0.3, -0.25) is 9.59 Å². The first-order valence-electron chi connectivity index (χ1n) is 9.21. The van der Waals surface area contributed by atoms with E-state index < -0.39 is 0 Å². The first-order valence-corrected chi connectivity index (χ1v) is 9.21. The Hall–Kier alpha value is -2.69. The van der Waals surface area contributed by atoms with Crippen LogP contribution in [0.1, 0.15) is 56.2 Å². The molecule has 0 radical (unpaired) electrons. The minimum atomic E-state index is -0.344. The number of rotatable bonds is 7. The third kappa shape index (κ3) is 5.91. The molecule has 2 rings (SSSR count). The van der Waals surface area contributed by atoms with Crippen LogP contribution in [0.2, 0.25) is 0 Å². The molecule has 0 saturated carbocycles. The van der Waals surface area contributed by atoms with E-state index in [1.807, 2.05) is 18.2 Å². The molecule has 2 N–H and O–H groups in total. The van der Waals surface area contributed by atoms with E-state index in [1.165, 1.54) is 12.1 Å². The molecular weight excluding hydrogens is 343 g/mol. The Bertz CT molecular complexity index is 772. The molecule has 0 saturated heterocycles. The topological polar surface area (TPSA) is 58.2 Å². The molecule has 0 fully saturated rings. The number of hydrogen-bond acceptors (Lipinski definition) is 2. The van der Waals surface area contributed by atoms with Gasteiger partial charge in [0, 0.05) is 5.69 Å². The molecule has 0 atom stereocenters. The third-order valence-corrected chi connectivity index (χ3v) is 4.36. The number of benzene rings is 2. The van der Waals surface area contributed by atoms with Crippen LogP contribution in [-0.2, 0) is 16.0 Å². The van der Waals surface area contributed by atoms with Crippen LogP contribution in [0.4, 0.5) is 10.1 Å². The second-order valence-corrected chi connectivity index (χ2v) is 7.25. The van der Waals surface area contributed by atoms with Gasteiger partial charge in [0.2, 0.25) is 11.8 Å². The lowest BCUT2D eigenvalue weighted by atomic mass is 9.92. The molecule has 0 unspecified atom stereocenters. The third-order valence-electron chi connectivity index (χ3n) is 4.36. The van der Waals surface area contributed by atoms with E-state index in [1.54, 1.807) is 12.1 Å². The first kappa shape index (κ1) is 20.6. The van der Waals surface area contributed by atoms with Crippen LogP contribution in [0.15, 0.2) is 42.5 Å². The fourth-order valence-corrected chi connectivity index (χ4v) is 2.91. The van der Waals surface area contributed by atoms with Crippen molar-refractivity contribution in [2.45, 2.75) is 46.0 Å². The van der Waals surface area contributed by atoms with Gasteiger partial charge in [-0.1, -0.05) is 58.0 Å². The van der Waals surface area contributed by atoms with E-state index in [2.05, 4.69) is 38.3 Å². The standard InChI is InChI=1S/C22H27FN2O2/c1-14(2)18-6-5-7-19(15(3)4)22(18)25-21(27)13-24-20(26)12-16-8-10-17(23)11-9-16/h5-11,14-15H,12-13H2,1-4H3,(H,24,26)(H,25,27). The molecule has 0 spiro atoms. The molecule has 0 aliphatic rings. The van der Waals surface area contributed by atoms with Gasteiger partial charge in [-0.05, 0) is 40.7 Å². The molecule has 27 heavy (non-hydrogen) atoms. The lowest BCUT2D eigenvalue weighted by molar-refractivity contribution is -0.123. The van der Waals surface area contributed by atoms with Gasteiger partial charge in [-0.2, -0.15) is 0 Å². The van der Waals surface area contributed by atoms with Crippen molar-refractivity contribution in [1.29, 1.82) is 0 Å². The summed E-state index contributed by atoms with van der Waals surface area (Å²) in [5, 5.41) is 5.58. The predicted molar refractivity (Wildman–Crippen MR) is 106 cm³/mol. The zero-order valence-corrected chi connectivity index (χ0v) is 16.3. The highest BCUT2D eigenvalue weighted by atomic mass is 19.1. The zero-order valence-electron chi connectivity index (χ0n) is 16.3. The molecule has 0 aliphatic carbocycles. The maximum absolute atomic E-state index is 12.9. The summed E-state index contributed by atoms with van der Waals surface area (Å²) < 4.78 is 12.9. The number of amides is 2. The lowest BCUT2D eigenvalue weighted by Crippen LogP contribution is -2.34. The van der Waals surface area contributed by atoms with E-state index in [-0.39, 0.29) is 42.4 Å². The van der Waals surface area contributed by atoms with Crippen LogP contribution in [0, 0.1) is 5.82 Å². The maximum atomic E-state index is 12.9. The van der Waals surface area contributed by atoms with Crippen molar-refractivity contribution in [3.05, 3.63) is 65.0 Å². The smallest absolute Gasteiger partial charge is 0.243 e. The Morgan fingerprint density at radius 1 is 0.889 bits per heavy atom. The number of hydrogen-bond donors (Lipinski definition) is 2. The SMILES string of the molecule is CC(C)c1cccc(C(C)C)c1NC(=O)CNC(=O)Cc1ccc(F)cc1. The van der Waals surface area contributed by atoms with Gasteiger partial charge in [-0.25, -0.2) is 4.39 Å². The Kier molecular flexibility index (Phi) is 7.11. The van der Waals surface area contributed by atoms with E-state index in [4.69, 9.17) is 0 Å². The number of anilines is 1. The van der Waals surface area contributed by atoms with Crippen molar-refractivity contribution in [1.82, 2.24) is 5.32 Å². The summed E-state index contributed by atoms with van der Waals surface area (Å²) in [7, 11) is 0. The summed E-state index contributed by atoms with van der Waals surface area (Å²) in [4.78, 5) is 24.4. The molecule has 0 aromatic heterocycles. The summed E-state index contributed by atoms with van der Waals surface area (Å²) in [6.45, 7) is 8.22. The highest BCUT2D eigenvalue weighted by molar-refractivity contribution is 5.96. The van der Waals surface area contributed by atoms with Gasteiger partial charge < -0.3 is 10.6 Å². The molecular formula is C22H27FN2O2. The zero-order chi connectivity index (χ0) is 20.0. The highest BCUT2D eigenvalue weighted by Crippen LogP contribution is 2.32. The van der Waals surface area contributed by atoms with E-state index in [9.17, 15) is 14.0 Å². The van der Waals surface area contributed by atoms with E-state index >= 15 is 0 Å². The minimum Gasteiger partial charge on any atom is -0.347 e. The first-order chi connectivity index (χ1) is 12.8. The molecule has 0 aliphatic heterocycles. The molecule has 144 valence electrons. The van der Waals surface area contributed by atoms with Crippen LogP contribution < -0.4 is 10.6 Å². The van der Waals surface area contributed by atoms with Crippen molar-refractivity contribution in [3.8, 4) is 0 Å². The Labute approximate surface area is 160 Å². The van der Waals surface area contributed by atoms with Crippen molar-refractivity contribution < 1.29 is 14.0 Å². The van der Waals surface area contributed by atoms with Gasteiger partial charge in [-0.15, -0.1) is 0 Å². The summed E-state index contributed by atoms with van der Waals surface area (Å²) in [6, 6.07) is 11.8. The second kappa shape index (κ2) is 9.31. The van der Waals surface area contributed by atoms with Crippen LogP contribution in [0.3, 0.4) is 0 Å². The van der Waals surface area contributed by atoms with Crippen molar-refractivity contribution >= 4 is 17.5 Å². The van der Waals surface area contributed by atoms with Crippen LogP contribution >= 0.6 is 0 Å². The van der Waals surface area contributed by atoms with Gasteiger partial charge in [0.15, 0.2) is 0 Å². The largest absolute Gasteiger partial charge is 0.347 e. The summed E-state index contributed by atoms with van der Waals surface area (Å²) in [5.74, 6) is -0.349. The van der Waals surface area contributed by atoms with Gasteiger partial charge >= 0.3 is 0 Å². The number of carbonyl (C=O) groups is 2. The van der Waals surface area contributed by atoms with Crippen LogP contribution in [0.5, 0.6) is 0 Å². The van der Waals surface area contributed by atoms with Crippen molar-refractivity contribution in [2.75, 3.05) is 11.9 Å². The fraction of sp³-hybridized carbons (Fsp3) is 0.364. The van der Waals surface area contributed by atoms with Crippen molar-refractivity contribution in [3.63, 3.8) is 0 Å². The number of nitrogens with one attached hydrogen (secondary N) is 2. The van der Waals surface area contributed by atoms with Crippen molar-refractivity contribution in [2.24, 2.45) is 0 Å². The normalized spacial score (nSPS) is 10.9. The maximum Gasteiger partial charge on any atom is 0.243 e. The molecule has 2 aromatic carbocycles. The monoisotopic (exact) mass is 370 g/mol. The van der Waals surface area contributed by atoms with Crippen LogP contribution in [-0.4, -0.2) is 18.4 Å². The molecule has 0 heterocycles. The summed E-state index contributed by atoms with van der Waals surface area (Å²) in [6.07, 6.45) is 0.105. The van der Waals surface area contributed by atoms with E-state index in [0.717, 1.165) is 16.8 Å². The quantitative estimate of drug-likeness (QED) is 0.760. The van der Waals surface area contributed by atoms with Crippen LogP contribution in [0.25, 0.3) is 0 Å². The lowest BCUT2D eigenvalue weighted by Gasteiger charge is -2.20. The van der Waals surface area contributed by atoms with Gasteiger partial charge in [0.05, 0.1) is 13.0 Å². The molecule has 0 bridgehead atoms. The van der Waals surface area contributed by atoms with Gasteiger partial charge in [0.1, 0.15) is 5.82 Å². The van der Waals surface area contributed by atoms with Gasteiger partial charge in [0.25, 0.3) is 0 Å². The minimum absolute atomic E-state index is 0.105. The average molecular weight is 370 g/mol. The molecule has 4 nitrogen and oxygen atoms in total. The average Bonchev–Trinajstić information content (AvgIpc) is 2.61. The van der Waals surface area contributed by atoms with E-state index in [0.29, 0.717) is 5.56 Å². The predicted octanol–water partition coefficient (Wildman–Crippen LogP) is 4.37. The summed E-state index contributed by atoms with van der Waals surface area (Å²) in [5.41, 5.74) is 3.68. The Morgan fingerprint density at radius 2 is 1.44 bits per heavy atom. The molecule has 2 amide bonds.